The van der Waals surface area contributed by atoms with Crippen LogP contribution in [0.2, 0.25) is 10.0 Å². The van der Waals surface area contributed by atoms with Crippen LogP contribution in [0.1, 0.15) is 45.9 Å². The van der Waals surface area contributed by atoms with Crippen LogP contribution in [0, 0.1) is 0 Å². The first-order chi connectivity index (χ1) is 17.5. The standard InChI is InChI=1S/C27H17BrCl2N2O4/c28-17-7-3-16(4-8-17)27(33)35-19-9-5-15(6-10-19)26-32-23(14-22(31-32)24-2-1-11-34-24)20-12-18(29)13-21(30)25(20)36-26/h1-13,23,26H,14H2. The molecule has 0 saturated heterocycles. The third-order valence-electron chi connectivity index (χ3n) is 6.07. The predicted octanol–water partition coefficient (Wildman–Crippen LogP) is 7.81. The lowest BCUT2D eigenvalue weighted by Gasteiger charge is -2.38. The van der Waals surface area contributed by atoms with E-state index in [1.165, 1.54) is 0 Å². The van der Waals surface area contributed by atoms with Crippen LogP contribution >= 0.6 is 39.1 Å². The Morgan fingerprint density at radius 3 is 2.56 bits per heavy atom. The Morgan fingerprint density at radius 1 is 1.06 bits per heavy atom. The summed E-state index contributed by atoms with van der Waals surface area (Å²) in [6.45, 7) is 0. The summed E-state index contributed by atoms with van der Waals surface area (Å²) < 4.78 is 18.4. The van der Waals surface area contributed by atoms with Crippen molar-refractivity contribution in [3.8, 4) is 11.5 Å². The first kappa shape index (κ1) is 23.2. The molecule has 0 N–H and O–H groups in total. The lowest BCUT2D eigenvalue weighted by molar-refractivity contribution is -0.0189. The fourth-order valence-corrected chi connectivity index (χ4v) is 5.20. The molecule has 6 nitrogen and oxygen atoms in total. The number of fused-ring (bicyclic) bond motifs is 3. The molecule has 2 unspecified atom stereocenters. The van der Waals surface area contributed by atoms with Crippen molar-refractivity contribution in [2.24, 2.45) is 5.10 Å². The number of esters is 1. The molecule has 180 valence electrons. The number of benzene rings is 3. The van der Waals surface area contributed by atoms with Gasteiger partial charge in [0.25, 0.3) is 0 Å². The van der Waals surface area contributed by atoms with Crippen molar-refractivity contribution in [1.29, 1.82) is 0 Å². The number of hydrogen-bond donors (Lipinski definition) is 0. The molecule has 6 rings (SSSR count). The van der Waals surface area contributed by atoms with Crippen molar-refractivity contribution in [3.63, 3.8) is 0 Å². The van der Waals surface area contributed by atoms with Gasteiger partial charge in [-0.05, 0) is 72.8 Å². The van der Waals surface area contributed by atoms with E-state index in [4.69, 9.17) is 42.2 Å². The highest BCUT2D eigenvalue weighted by Gasteiger charge is 2.42. The van der Waals surface area contributed by atoms with Crippen LogP contribution in [-0.4, -0.2) is 16.7 Å². The highest BCUT2D eigenvalue weighted by Crippen LogP contribution is 2.50. The predicted molar refractivity (Wildman–Crippen MR) is 140 cm³/mol. The van der Waals surface area contributed by atoms with Crippen LogP contribution in [0.5, 0.6) is 11.5 Å². The Hall–Kier alpha value is -3.26. The second-order valence-corrected chi connectivity index (χ2v) is 10.1. The summed E-state index contributed by atoms with van der Waals surface area (Å²) in [6, 6.07) is 21.3. The fraction of sp³-hybridized carbons (Fsp3) is 0.111. The normalized spacial score (nSPS) is 18.2. The zero-order valence-electron chi connectivity index (χ0n) is 18.5. The van der Waals surface area contributed by atoms with Crippen molar-refractivity contribution < 1.29 is 18.7 Å². The molecule has 3 aromatic carbocycles. The Morgan fingerprint density at radius 2 is 1.83 bits per heavy atom. The van der Waals surface area contributed by atoms with Crippen molar-refractivity contribution in [2.75, 3.05) is 0 Å². The van der Waals surface area contributed by atoms with Gasteiger partial charge in [0, 0.05) is 27.0 Å². The number of nitrogens with zero attached hydrogens (tertiary/aromatic N) is 2. The molecule has 36 heavy (non-hydrogen) atoms. The zero-order chi connectivity index (χ0) is 24.8. The van der Waals surface area contributed by atoms with Crippen molar-refractivity contribution in [1.82, 2.24) is 5.01 Å². The van der Waals surface area contributed by atoms with Crippen LogP contribution in [-0.2, 0) is 0 Å². The molecule has 0 bridgehead atoms. The second kappa shape index (κ2) is 9.32. The number of carbonyl (C=O) groups excluding carboxylic acids is 1. The topological polar surface area (TPSA) is 64.3 Å². The smallest absolute Gasteiger partial charge is 0.343 e. The van der Waals surface area contributed by atoms with Crippen LogP contribution in [0.15, 0.2) is 93.1 Å². The van der Waals surface area contributed by atoms with Crippen LogP contribution < -0.4 is 9.47 Å². The maximum absolute atomic E-state index is 12.5. The fourth-order valence-electron chi connectivity index (χ4n) is 4.38. The molecule has 0 amide bonds. The van der Waals surface area contributed by atoms with Gasteiger partial charge in [-0.25, -0.2) is 9.80 Å². The molecular weight excluding hydrogens is 567 g/mol. The van der Waals surface area contributed by atoms with Gasteiger partial charge < -0.3 is 13.9 Å². The van der Waals surface area contributed by atoms with E-state index in [0.717, 1.165) is 21.3 Å². The largest absolute Gasteiger partial charge is 0.463 e. The summed E-state index contributed by atoms with van der Waals surface area (Å²) in [6.07, 6.45) is 1.68. The molecule has 0 fully saturated rings. The number of hydrazone groups is 1. The van der Waals surface area contributed by atoms with E-state index in [9.17, 15) is 4.79 Å². The highest BCUT2D eigenvalue weighted by atomic mass is 79.9. The highest BCUT2D eigenvalue weighted by molar-refractivity contribution is 9.10. The van der Waals surface area contributed by atoms with Gasteiger partial charge >= 0.3 is 5.97 Å². The molecule has 2 aliphatic heterocycles. The van der Waals surface area contributed by atoms with Gasteiger partial charge in [-0.15, -0.1) is 0 Å². The molecule has 3 heterocycles. The minimum Gasteiger partial charge on any atom is -0.463 e. The van der Waals surface area contributed by atoms with E-state index in [-0.39, 0.29) is 6.04 Å². The third kappa shape index (κ3) is 4.28. The summed E-state index contributed by atoms with van der Waals surface area (Å²) in [5.74, 6) is 1.27. The van der Waals surface area contributed by atoms with E-state index < -0.39 is 12.2 Å². The summed E-state index contributed by atoms with van der Waals surface area (Å²) >= 11 is 16.2. The minimum absolute atomic E-state index is 0.134. The summed E-state index contributed by atoms with van der Waals surface area (Å²) in [5.41, 5.74) is 2.96. The molecule has 0 aliphatic carbocycles. The first-order valence-electron chi connectivity index (χ1n) is 11.1. The van der Waals surface area contributed by atoms with E-state index in [0.29, 0.717) is 39.3 Å². The van der Waals surface area contributed by atoms with Gasteiger partial charge in [-0.3, -0.25) is 0 Å². The van der Waals surface area contributed by atoms with Gasteiger partial charge in [0.05, 0.1) is 22.9 Å². The summed E-state index contributed by atoms with van der Waals surface area (Å²) in [4.78, 5) is 12.5. The van der Waals surface area contributed by atoms with Gasteiger partial charge in [-0.1, -0.05) is 39.1 Å². The average molecular weight is 584 g/mol. The van der Waals surface area contributed by atoms with Gasteiger partial charge in [0.1, 0.15) is 23.0 Å². The van der Waals surface area contributed by atoms with Gasteiger partial charge in [0.15, 0.2) is 0 Å². The first-order valence-corrected chi connectivity index (χ1v) is 12.6. The molecule has 2 aliphatic rings. The van der Waals surface area contributed by atoms with E-state index >= 15 is 0 Å². The Labute approximate surface area is 225 Å². The summed E-state index contributed by atoms with van der Waals surface area (Å²) in [5, 5.41) is 7.71. The van der Waals surface area contributed by atoms with E-state index in [1.54, 1.807) is 48.7 Å². The SMILES string of the molecule is O=C(Oc1ccc(C2Oc3c(Cl)cc(Cl)cc3C3CC(c4ccco4)=NN32)cc1)c1ccc(Br)cc1. The molecule has 0 saturated carbocycles. The molecule has 2 atom stereocenters. The number of ether oxygens (including phenoxy) is 2. The molecule has 1 aromatic heterocycles. The monoisotopic (exact) mass is 582 g/mol. The maximum Gasteiger partial charge on any atom is 0.343 e. The van der Waals surface area contributed by atoms with E-state index in [2.05, 4.69) is 15.9 Å². The number of hydrogen-bond acceptors (Lipinski definition) is 6. The molecule has 0 radical (unpaired) electrons. The zero-order valence-corrected chi connectivity index (χ0v) is 21.6. The maximum atomic E-state index is 12.5. The minimum atomic E-state index is -0.551. The Bertz CT molecular complexity index is 1470. The van der Waals surface area contributed by atoms with Gasteiger partial charge in [0.2, 0.25) is 6.23 Å². The molecular formula is C27H17BrCl2N2O4. The number of furan rings is 1. The number of rotatable bonds is 4. The lowest BCUT2D eigenvalue weighted by Crippen LogP contribution is -2.33. The molecule has 4 aromatic rings. The quantitative estimate of drug-likeness (QED) is 0.181. The van der Waals surface area contributed by atoms with Gasteiger partial charge in [-0.2, -0.15) is 5.10 Å². The van der Waals surface area contributed by atoms with Crippen molar-refractivity contribution >= 4 is 50.8 Å². The van der Waals surface area contributed by atoms with Crippen LogP contribution in [0.4, 0.5) is 0 Å². The second-order valence-electron chi connectivity index (χ2n) is 8.37. The van der Waals surface area contributed by atoms with Crippen LogP contribution in [0.3, 0.4) is 0 Å². The van der Waals surface area contributed by atoms with E-state index in [1.807, 2.05) is 35.3 Å². The number of halogens is 3. The van der Waals surface area contributed by atoms with Crippen LogP contribution in [0.25, 0.3) is 0 Å². The molecule has 0 spiro atoms. The Balaban J connectivity index is 1.31. The van der Waals surface area contributed by atoms with Crippen molar-refractivity contribution in [2.45, 2.75) is 18.7 Å². The summed E-state index contributed by atoms with van der Waals surface area (Å²) in [7, 11) is 0. The number of carbonyl (C=O) groups is 1. The average Bonchev–Trinajstić information content (AvgIpc) is 3.55. The third-order valence-corrected chi connectivity index (χ3v) is 7.10. The van der Waals surface area contributed by atoms with Crippen molar-refractivity contribution in [3.05, 3.63) is 116 Å². The lowest BCUT2D eigenvalue weighted by atomic mass is 9.97. The Kier molecular flexibility index (Phi) is 5.99. The molecule has 9 heteroatoms.